The molecule has 1 heterocycles. The van der Waals surface area contributed by atoms with Crippen molar-refractivity contribution in [3.8, 4) is 0 Å². The number of nitrogens with one attached hydrogen (secondary N) is 1. The summed E-state index contributed by atoms with van der Waals surface area (Å²) in [4.78, 5) is 0. The van der Waals surface area contributed by atoms with Gasteiger partial charge in [-0.05, 0) is 6.92 Å². The maximum Gasteiger partial charge on any atom is 0.191 e. The van der Waals surface area contributed by atoms with Gasteiger partial charge in [-0.15, -0.1) is 0 Å². The van der Waals surface area contributed by atoms with Crippen LogP contribution >= 0.6 is 0 Å². The SMILES string of the molecule is CC1(O)NC=C(CO)C(CO)=C1O. The van der Waals surface area contributed by atoms with Gasteiger partial charge < -0.3 is 25.7 Å². The molecule has 0 radical (unpaired) electrons. The van der Waals surface area contributed by atoms with Gasteiger partial charge in [0.25, 0.3) is 0 Å². The second-order valence-corrected chi connectivity index (χ2v) is 3.03. The molecule has 0 amide bonds. The predicted octanol–water partition coefficient (Wildman–Crippen LogP) is -1.02. The Labute approximate surface area is 75.6 Å². The fourth-order valence-electron chi connectivity index (χ4n) is 1.15. The van der Waals surface area contributed by atoms with Gasteiger partial charge in [0.15, 0.2) is 11.5 Å². The lowest BCUT2D eigenvalue weighted by molar-refractivity contribution is 0.0269. The van der Waals surface area contributed by atoms with E-state index in [9.17, 15) is 10.2 Å². The summed E-state index contributed by atoms with van der Waals surface area (Å²) in [6.45, 7) is 0.627. The van der Waals surface area contributed by atoms with E-state index >= 15 is 0 Å². The summed E-state index contributed by atoms with van der Waals surface area (Å²) in [5.74, 6) is -0.360. The van der Waals surface area contributed by atoms with Gasteiger partial charge >= 0.3 is 0 Å². The van der Waals surface area contributed by atoms with Gasteiger partial charge in [-0.2, -0.15) is 0 Å². The normalized spacial score (nSPS) is 28.5. The van der Waals surface area contributed by atoms with Crippen LogP contribution in [-0.2, 0) is 0 Å². The summed E-state index contributed by atoms with van der Waals surface area (Å²) < 4.78 is 0. The average Bonchev–Trinajstić information content (AvgIpc) is 2.09. The predicted molar refractivity (Wildman–Crippen MR) is 45.7 cm³/mol. The van der Waals surface area contributed by atoms with Crippen molar-refractivity contribution in [2.45, 2.75) is 12.6 Å². The number of hydrogen-bond acceptors (Lipinski definition) is 5. The van der Waals surface area contributed by atoms with Gasteiger partial charge in [-0.3, -0.25) is 0 Å². The highest BCUT2D eigenvalue weighted by atomic mass is 16.4. The van der Waals surface area contributed by atoms with Crippen LogP contribution in [0.2, 0.25) is 0 Å². The molecule has 1 unspecified atom stereocenters. The fourth-order valence-corrected chi connectivity index (χ4v) is 1.15. The van der Waals surface area contributed by atoms with Crippen molar-refractivity contribution in [3.63, 3.8) is 0 Å². The van der Waals surface area contributed by atoms with Crippen molar-refractivity contribution in [1.29, 1.82) is 0 Å². The van der Waals surface area contributed by atoms with Crippen molar-refractivity contribution in [2.75, 3.05) is 13.2 Å². The molecule has 1 rings (SSSR count). The summed E-state index contributed by atoms with van der Waals surface area (Å²) in [5, 5.41) is 39.2. The largest absolute Gasteiger partial charge is 0.507 e. The lowest BCUT2D eigenvalue weighted by Crippen LogP contribution is -2.44. The molecule has 0 aromatic rings. The molecule has 5 heteroatoms. The first-order valence-electron chi connectivity index (χ1n) is 3.86. The average molecular weight is 187 g/mol. The maximum atomic E-state index is 9.50. The molecule has 0 spiro atoms. The van der Waals surface area contributed by atoms with Gasteiger partial charge in [0.1, 0.15) is 0 Å². The summed E-state index contributed by atoms with van der Waals surface area (Å²) in [7, 11) is 0. The van der Waals surface area contributed by atoms with Crippen LogP contribution in [0.1, 0.15) is 6.92 Å². The van der Waals surface area contributed by atoms with Crippen molar-refractivity contribution < 1.29 is 20.4 Å². The molecule has 1 aliphatic rings. The lowest BCUT2D eigenvalue weighted by atomic mass is 9.98. The van der Waals surface area contributed by atoms with Crippen molar-refractivity contribution in [1.82, 2.24) is 5.32 Å². The zero-order valence-corrected chi connectivity index (χ0v) is 7.28. The molecule has 0 saturated heterocycles. The molecular formula is C8H13NO4. The Balaban J connectivity index is 3.08. The second kappa shape index (κ2) is 3.37. The molecule has 0 saturated carbocycles. The van der Waals surface area contributed by atoms with E-state index in [2.05, 4.69) is 5.32 Å². The Morgan fingerprint density at radius 1 is 1.38 bits per heavy atom. The smallest absolute Gasteiger partial charge is 0.191 e. The number of aliphatic hydroxyl groups is 4. The van der Waals surface area contributed by atoms with Crippen LogP contribution in [-0.4, -0.2) is 39.4 Å². The first-order valence-corrected chi connectivity index (χ1v) is 3.86. The van der Waals surface area contributed by atoms with E-state index in [0.717, 1.165) is 0 Å². The van der Waals surface area contributed by atoms with Crippen LogP contribution in [0, 0.1) is 0 Å². The molecule has 0 aliphatic carbocycles. The first kappa shape index (κ1) is 10.0. The van der Waals surface area contributed by atoms with Gasteiger partial charge in [0, 0.05) is 17.3 Å². The third-order valence-electron chi connectivity index (χ3n) is 1.99. The van der Waals surface area contributed by atoms with E-state index in [-0.39, 0.29) is 17.9 Å². The monoisotopic (exact) mass is 187 g/mol. The Bertz CT molecular complexity index is 267. The maximum absolute atomic E-state index is 9.50. The molecular weight excluding hydrogens is 174 g/mol. The van der Waals surface area contributed by atoms with Gasteiger partial charge in [0.2, 0.25) is 0 Å². The van der Waals surface area contributed by atoms with Crippen LogP contribution in [0.25, 0.3) is 0 Å². The quantitative estimate of drug-likeness (QED) is 0.381. The number of dihydropyridines is 1. The highest BCUT2D eigenvalue weighted by molar-refractivity contribution is 5.39. The molecule has 13 heavy (non-hydrogen) atoms. The number of rotatable bonds is 2. The zero-order chi connectivity index (χ0) is 10.1. The highest BCUT2D eigenvalue weighted by Gasteiger charge is 2.31. The van der Waals surface area contributed by atoms with Crippen molar-refractivity contribution in [3.05, 3.63) is 23.1 Å². The Kier molecular flexibility index (Phi) is 2.60. The third-order valence-corrected chi connectivity index (χ3v) is 1.99. The summed E-state index contributed by atoms with van der Waals surface area (Å²) in [5.41, 5.74) is -1.05. The van der Waals surface area contributed by atoms with Crippen LogP contribution < -0.4 is 5.32 Å². The molecule has 0 bridgehead atoms. The third kappa shape index (κ3) is 1.67. The molecule has 1 atom stereocenters. The lowest BCUT2D eigenvalue weighted by Gasteiger charge is -2.30. The minimum absolute atomic E-state index is 0.159. The Morgan fingerprint density at radius 3 is 2.46 bits per heavy atom. The van der Waals surface area contributed by atoms with Gasteiger partial charge in [-0.1, -0.05) is 0 Å². The molecule has 5 N–H and O–H groups in total. The van der Waals surface area contributed by atoms with Crippen LogP contribution in [0.5, 0.6) is 0 Å². The molecule has 0 aromatic carbocycles. The standard InChI is InChI=1S/C8H13NO4/c1-8(13)7(12)6(4-11)5(3-10)2-9-8/h2,9-13H,3-4H2,1H3. The zero-order valence-electron chi connectivity index (χ0n) is 7.28. The molecule has 5 nitrogen and oxygen atoms in total. The topological polar surface area (TPSA) is 93.0 Å². The van der Waals surface area contributed by atoms with E-state index in [1.54, 1.807) is 0 Å². The summed E-state index contributed by atoms with van der Waals surface area (Å²) >= 11 is 0. The fraction of sp³-hybridized carbons (Fsp3) is 0.500. The summed E-state index contributed by atoms with van der Waals surface area (Å²) in [6, 6.07) is 0. The number of hydrogen-bond donors (Lipinski definition) is 5. The Morgan fingerprint density at radius 2 is 2.00 bits per heavy atom. The highest BCUT2D eigenvalue weighted by Crippen LogP contribution is 2.24. The van der Waals surface area contributed by atoms with E-state index in [4.69, 9.17) is 10.2 Å². The summed E-state index contributed by atoms with van der Waals surface area (Å²) in [6.07, 6.45) is 1.37. The first-order chi connectivity index (χ1) is 6.03. The molecule has 0 fully saturated rings. The molecule has 74 valence electrons. The van der Waals surface area contributed by atoms with Crippen LogP contribution in [0.15, 0.2) is 23.1 Å². The van der Waals surface area contributed by atoms with Crippen LogP contribution in [0.4, 0.5) is 0 Å². The van der Waals surface area contributed by atoms with Gasteiger partial charge in [0.05, 0.1) is 13.2 Å². The van der Waals surface area contributed by atoms with Gasteiger partial charge in [-0.25, -0.2) is 0 Å². The second-order valence-electron chi connectivity index (χ2n) is 3.03. The minimum Gasteiger partial charge on any atom is -0.507 e. The van der Waals surface area contributed by atoms with Crippen molar-refractivity contribution in [2.24, 2.45) is 0 Å². The van der Waals surface area contributed by atoms with Crippen molar-refractivity contribution >= 4 is 0 Å². The minimum atomic E-state index is -1.57. The van der Waals surface area contributed by atoms with E-state index in [1.165, 1.54) is 13.1 Å². The van der Waals surface area contributed by atoms with E-state index in [0.29, 0.717) is 5.57 Å². The van der Waals surface area contributed by atoms with Crippen LogP contribution in [0.3, 0.4) is 0 Å². The number of aliphatic hydroxyl groups excluding tert-OH is 3. The molecule has 1 aliphatic heterocycles. The Hall–Kier alpha value is -1.04. The molecule has 0 aromatic heterocycles. The van der Waals surface area contributed by atoms with E-state index in [1.807, 2.05) is 0 Å². The van der Waals surface area contributed by atoms with E-state index < -0.39 is 12.3 Å².